The molecular formula is C17H12BrNO2. The van der Waals surface area contributed by atoms with E-state index in [1.54, 1.807) is 23.7 Å². The molecule has 0 aliphatic rings. The van der Waals surface area contributed by atoms with Gasteiger partial charge in [0.05, 0.1) is 5.52 Å². The van der Waals surface area contributed by atoms with Crippen LogP contribution in [0, 0.1) is 0 Å². The molecule has 0 aliphatic carbocycles. The number of carbonyl (C=O) groups is 1. The topological polar surface area (TPSA) is 39.1 Å². The van der Waals surface area contributed by atoms with Crippen molar-refractivity contribution in [1.29, 1.82) is 0 Å². The van der Waals surface area contributed by atoms with Gasteiger partial charge in [0.2, 0.25) is 0 Å². The highest BCUT2D eigenvalue weighted by atomic mass is 79.9. The molecule has 3 rings (SSSR count). The molecule has 21 heavy (non-hydrogen) atoms. The average Bonchev–Trinajstić information content (AvgIpc) is 2.51. The smallest absolute Gasteiger partial charge is 0.251 e. The zero-order valence-electron chi connectivity index (χ0n) is 11.3. The molecule has 0 N–H and O–H groups in total. The van der Waals surface area contributed by atoms with Crippen molar-refractivity contribution in [2.45, 2.75) is 0 Å². The predicted molar refractivity (Wildman–Crippen MR) is 86.8 cm³/mol. The van der Waals surface area contributed by atoms with E-state index in [-0.39, 0.29) is 11.3 Å². The molecule has 3 aromatic rings. The third-order valence-electron chi connectivity index (χ3n) is 3.49. The Morgan fingerprint density at radius 2 is 1.76 bits per heavy atom. The largest absolute Gasteiger partial charge is 0.311 e. The maximum atomic E-state index is 12.7. The Morgan fingerprint density at radius 1 is 1.05 bits per heavy atom. The molecule has 0 atom stereocenters. The van der Waals surface area contributed by atoms with Crippen LogP contribution in [-0.4, -0.2) is 10.4 Å². The van der Waals surface area contributed by atoms with Gasteiger partial charge in [0.25, 0.3) is 5.56 Å². The molecule has 0 spiro atoms. The van der Waals surface area contributed by atoms with Crippen LogP contribution in [-0.2, 0) is 7.05 Å². The van der Waals surface area contributed by atoms with E-state index < -0.39 is 0 Å². The van der Waals surface area contributed by atoms with Crippen LogP contribution in [0.2, 0.25) is 0 Å². The summed E-state index contributed by atoms with van der Waals surface area (Å²) in [6.45, 7) is 0. The number of fused-ring (bicyclic) bond motifs is 1. The Hall–Kier alpha value is -2.20. The van der Waals surface area contributed by atoms with Gasteiger partial charge in [-0.25, -0.2) is 0 Å². The van der Waals surface area contributed by atoms with Gasteiger partial charge in [-0.3, -0.25) is 9.59 Å². The third kappa shape index (κ3) is 2.43. The zero-order chi connectivity index (χ0) is 15.0. The van der Waals surface area contributed by atoms with Crippen molar-refractivity contribution in [3.63, 3.8) is 0 Å². The molecule has 0 radical (unpaired) electrons. The maximum Gasteiger partial charge on any atom is 0.251 e. The average molecular weight is 342 g/mol. The Morgan fingerprint density at radius 3 is 2.48 bits per heavy atom. The van der Waals surface area contributed by atoms with Gasteiger partial charge < -0.3 is 4.57 Å². The van der Waals surface area contributed by atoms with Crippen LogP contribution in [0.3, 0.4) is 0 Å². The first kappa shape index (κ1) is 13.8. The first-order chi connectivity index (χ1) is 10.1. The fourth-order valence-corrected chi connectivity index (χ4v) is 2.73. The van der Waals surface area contributed by atoms with E-state index in [1.165, 1.54) is 6.07 Å². The summed E-state index contributed by atoms with van der Waals surface area (Å²) < 4.78 is 2.42. The van der Waals surface area contributed by atoms with Gasteiger partial charge in [0.15, 0.2) is 5.78 Å². The van der Waals surface area contributed by atoms with Crippen molar-refractivity contribution in [2.75, 3.05) is 0 Å². The van der Waals surface area contributed by atoms with Gasteiger partial charge in [-0.2, -0.15) is 0 Å². The number of pyridine rings is 1. The molecule has 2 aromatic carbocycles. The molecule has 0 unspecified atom stereocenters. The van der Waals surface area contributed by atoms with Crippen LogP contribution in [0.1, 0.15) is 15.9 Å². The minimum Gasteiger partial charge on any atom is -0.311 e. The second kappa shape index (κ2) is 5.30. The van der Waals surface area contributed by atoms with Crippen LogP contribution >= 0.6 is 15.9 Å². The number of hydrogen-bond acceptors (Lipinski definition) is 2. The standard InChI is InChI=1S/C17H12BrNO2/c1-19-15-8-7-12(18)9-13(15)14(10-16(19)20)17(21)11-5-3-2-4-6-11/h2-10H,1H3. The monoisotopic (exact) mass is 341 g/mol. The predicted octanol–water partition coefficient (Wildman–Crippen LogP) is 3.53. The molecule has 0 bridgehead atoms. The number of hydrogen-bond donors (Lipinski definition) is 0. The SMILES string of the molecule is Cn1c(=O)cc(C(=O)c2ccccc2)c2cc(Br)ccc21. The summed E-state index contributed by atoms with van der Waals surface area (Å²) >= 11 is 3.42. The van der Waals surface area contributed by atoms with E-state index in [0.717, 1.165) is 15.4 Å². The third-order valence-corrected chi connectivity index (χ3v) is 3.98. The Kier molecular flexibility index (Phi) is 3.47. The summed E-state index contributed by atoms with van der Waals surface area (Å²) in [5, 5.41) is 0.764. The highest BCUT2D eigenvalue weighted by molar-refractivity contribution is 9.10. The van der Waals surface area contributed by atoms with Crippen molar-refractivity contribution in [1.82, 2.24) is 4.57 Å². The minimum absolute atomic E-state index is 0.142. The lowest BCUT2D eigenvalue weighted by Crippen LogP contribution is -2.19. The molecule has 4 heteroatoms. The fourth-order valence-electron chi connectivity index (χ4n) is 2.37. The normalized spacial score (nSPS) is 10.8. The van der Waals surface area contributed by atoms with Crippen LogP contribution in [0.5, 0.6) is 0 Å². The molecule has 0 fully saturated rings. The summed E-state index contributed by atoms with van der Waals surface area (Å²) in [5.74, 6) is -0.142. The molecule has 104 valence electrons. The lowest BCUT2D eigenvalue weighted by atomic mass is 9.99. The van der Waals surface area contributed by atoms with E-state index in [4.69, 9.17) is 0 Å². The molecule has 0 amide bonds. The molecule has 1 aromatic heterocycles. The van der Waals surface area contributed by atoms with Crippen LogP contribution in [0.15, 0.2) is 63.9 Å². The number of carbonyl (C=O) groups excluding carboxylic acids is 1. The lowest BCUT2D eigenvalue weighted by molar-refractivity contribution is 0.104. The summed E-state index contributed by atoms with van der Waals surface area (Å²) in [7, 11) is 1.70. The van der Waals surface area contributed by atoms with Crippen molar-refractivity contribution in [2.24, 2.45) is 7.05 Å². The number of benzene rings is 2. The summed E-state index contributed by atoms with van der Waals surface area (Å²) in [6, 6.07) is 16.0. The number of aromatic nitrogens is 1. The van der Waals surface area contributed by atoms with Gasteiger partial charge >= 0.3 is 0 Å². The highest BCUT2D eigenvalue weighted by Gasteiger charge is 2.15. The molecule has 0 saturated heterocycles. The maximum absolute atomic E-state index is 12.7. The van der Waals surface area contributed by atoms with Crippen molar-refractivity contribution in [3.05, 3.63) is 80.6 Å². The van der Waals surface area contributed by atoms with Gasteiger partial charge in [-0.15, -0.1) is 0 Å². The lowest BCUT2D eigenvalue weighted by Gasteiger charge is -2.10. The van der Waals surface area contributed by atoms with Crippen molar-refractivity contribution < 1.29 is 4.79 Å². The van der Waals surface area contributed by atoms with Gasteiger partial charge in [0.1, 0.15) is 0 Å². The highest BCUT2D eigenvalue weighted by Crippen LogP contribution is 2.23. The fraction of sp³-hybridized carbons (Fsp3) is 0.0588. The Labute approximate surface area is 130 Å². The zero-order valence-corrected chi connectivity index (χ0v) is 12.9. The first-order valence-corrected chi connectivity index (χ1v) is 7.26. The summed E-state index contributed by atoms with van der Waals surface area (Å²) in [5.41, 5.74) is 1.56. The van der Waals surface area contributed by atoms with E-state index in [2.05, 4.69) is 15.9 Å². The van der Waals surface area contributed by atoms with E-state index in [9.17, 15) is 9.59 Å². The number of aryl methyl sites for hydroxylation is 1. The van der Waals surface area contributed by atoms with E-state index >= 15 is 0 Å². The van der Waals surface area contributed by atoms with Crippen molar-refractivity contribution in [3.8, 4) is 0 Å². The second-order valence-corrected chi connectivity index (χ2v) is 5.73. The first-order valence-electron chi connectivity index (χ1n) is 6.47. The van der Waals surface area contributed by atoms with E-state index in [0.29, 0.717) is 11.1 Å². The van der Waals surface area contributed by atoms with Crippen molar-refractivity contribution >= 4 is 32.6 Å². The molecule has 3 nitrogen and oxygen atoms in total. The van der Waals surface area contributed by atoms with Crippen LogP contribution in [0.4, 0.5) is 0 Å². The molecule has 0 aliphatic heterocycles. The summed E-state index contributed by atoms with van der Waals surface area (Å²) in [6.07, 6.45) is 0. The van der Waals surface area contributed by atoms with Crippen LogP contribution in [0.25, 0.3) is 10.9 Å². The number of ketones is 1. The number of halogens is 1. The second-order valence-electron chi connectivity index (χ2n) is 4.81. The van der Waals surface area contributed by atoms with Crippen LogP contribution < -0.4 is 5.56 Å². The Bertz CT molecular complexity index is 898. The molecular weight excluding hydrogens is 330 g/mol. The molecule has 0 saturated carbocycles. The van der Waals surface area contributed by atoms with Gasteiger partial charge in [-0.05, 0) is 18.2 Å². The number of rotatable bonds is 2. The Balaban J connectivity index is 2.33. The van der Waals surface area contributed by atoms with Gasteiger partial charge in [-0.1, -0.05) is 46.3 Å². The molecule has 1 heterocycles. The quantitative estimate of drug-likeness (QED) is 0.669. The number of nitrogens with zero attached hydrogens (tertiary/aromatic N) is 1. The summed E-state index contributed by atoms with van der Waals surface area (Å²) in [4.78, 5) is 24.7. The van der Waals surface area contributed by atoms with E-state index in [1.807, 2.05) is 36.4 Å². The van der Waals surface area contributed by atoms with Gasteiger partial charge in [0, 0.05) is 34.1 Å². The minimum atomic E-state index is -0.191.